The van der Waals surface area contributed by atoms with Gasteiger partial charge in [0, 0.05) is 48.3 Å². The number of anilines is 1. The molecular formula is C24H29N7O3S. The fourth-order valence-corrected chi connectivity index (χ4v) is 5.27. The minimum Gasteiger partial charge on any atom is -0.362 e. The molecule has 0 bridgehead atoms. The molecule has 35 heavy (non-hydrogen) atoms. The topological polar surface area (TPSA) is 122 Å². The van der Waals surface area contributed by atoms with Crippen molar-refractivity contribution in [3.63, 3.8) is 0 Å². The van der Waals surface area contributed by atoms with Crippen LogP contribution >= 0.6 is 0 Å². The van der Waals surface area contributed by atoms with Gasteiger partial charge in [0.25, 0.3) is 16.0 Å². The zero-order valence-electron chi connectivity index (χ0n) is 20.5. The molecule has 1 amide bonds. The number of aryl methyl sites for hydroxylation is 3. The first kappa shape index (κ1) is 24.5. The number of likely N-dealkylation sites (tertiary alicyclic amines) is 1. The lowest BCUT2D eigenvalue weighted by Crippen LogP contribution is -2.20. The van der Waals surface area contributed by atoms with Gasteiger partial charge in [-0.15, -0.1) is 4.40 Å². The highest BCUT2D eigenvalue weighted by atomic mass is 32.2. The molecule has 4 rings (SSSR count). The molecule has 1 aromatic carbocycles. The Morgan fingerprint density at radius 2 is 1.83 bits per heavy atom. The lowest BCUT2D eigenvalue weighted by Gasteiger charge is -2.11. The highest BCUT2D eigenvalue weighted by molar-refractivity contribution is 7.90. The van der Waals surface area contributed by atoms with Crippen LogP contribution in [0, 0.1) is 27.7 Å². The summed E-state index contributed by atoms with van der Waals surface area (Å²) >= 11 is 0. The van der Waals surface area contributed by atoms with E-state index in [1.807, 2.05) is 45.7 Å². The smallest absolute Gasteiger partial charge is 0.284 e. The molecule has 1 aliphatic heterocycles. The van der Waals surface area contributed by atoms with Crippen molar-refractivity contribution in [1.82, 2.24) is 24.6 Å². The van der Waals surface area contributed by atoms with Crippen LogP contribution in [0.2, 0.25) is 0 Å². The van der Waals surface area contributed by atoms with E-state index in [1.165, 1.54) is 12.1 Å². The van der Waals surface area contributed by atoms with Gasteiger partial charge in [-0.3, -0.25) is 4.79 Å². The van der Waals surface area contributed by atoms with E-state index in [0.717, 1.165) is 35.6 Å². The number of nitrogens with one attached hydrogen (secondary N) is 1. The van der Waals surface area contributed by atoms with Crippen LogP contribution in [0.15, 0.2) is 39.6 Å². The summed E-state index contributed by atoms with van der Waals surface area (Å²) in [6.45, 7) is 8.28. The lowest BCUT2D eigenvalue weighted by atomic mass is 10.1. The summed E-state index contributed by atoms with van der Waals surface area (Å²) in [4.78, 5) is 23.7. The summed E-state index contributed by atoms with van der Waals surface area (Å²) in [5.41, 5.74) is 4.29. The van der Waals surface area contributed by atoms with Gasteiger partial charge in [-0.05, 0) is 58.4 Å². The number of hydrogen-bond donors (Lipinski definition) is 1. The fraction of sp³-hybridized carbons (Fsp3) is 0.375. The van der Waals surface area contributed by atoms with E-state index in [4.69, 9.17) is 0 Å². The molecule has 11 heteroatoms. The second-order valence-electron chi connectivity index (χ2n) is 8.77. The SMILES string of the molecule is Cc1cc(C)nc(-n2nc(C)c(CC(=O)Nc3cccc(S(=O)(=O)/N=C4\CCCN4C)c3)c2C)n1. The number of benzene rings is 1. The Kier molecular flexibility index (Phi) is 6.70. The quantitative estimate of drug-likeness (QED) is 0.558. The second-order valence-corrected chi connectivity index (χ2v) is 10.4. The number of carbonyl (C=O) groups is 1. The minimum absolute atomic E-state index is 0.0373. The average molecular weight is 496 g/mol. The summed E-state index contributed by atoms with van der Waals surface area (Å²) in [6.07, 6.45) is 1.59. The van der Waals surface area contributed by atoms with Crippen molar-refractivity contribution in [1.29, 1.82) is 0 Å². The first-order valence-corrected chi connectivity index (χ1v) is 12.8. The number of sulfonamides is 1. The molecule has 1 saturated heterocycles. The van der Waals surface area contributed by atoms with Gasteiger partial charge >= 0.3 is 0 Å². The van der Waals surface area contributed by atoms with E-state index in [2.05, 4.69) is 24.8 Å². The number of carbonyl (C=O) groups excluding carboxylic acids is 1. The van der Waals surface area contributed by atoms with Crippen molar-refractivity contribution in [3.8, 4) is 5.95 Å². The zero-order chi connectivity index (χ0) is 25.3. The van der Waals surface area contributed by atoms with Gasteiger partial charge in [-0.2, -0.15) is 13.5 Å². The molecule has 3 heterocycles. The Morgan fingerprint density at radius 1 is 1.11 bits per heavy atom. The summed E-state index contributed by atoms with van der Waals surface area (Å²) in [5.74, 6) is 0.728. The first-order chi connectivity index (χ1) is 16.5. The van der Waals surface area contributed by atoms with Gasteiger partial charge in [0.05, 0.1) is 17.0 Å². The third-order valence-corrected chi connectivity index (χ3v) is 7.21. The number of amides is 1. The van der Waals surface area contributed by atoms with Gasteiger partial charge in [0.2, 0.25) is 5.91 Å². The van der Waals surface area contributed by atoms with Crippen LogP contribution in [0.1, 0.15) is 41.2 Å². The van der Waals surface area contributed by atoms with Crippen molar-refractivity contribution in [2.24, 2.45) is 4.40 Å². The molecule has 1 N–H and O–H groups in total. The maximum Gasteiger partial charge on any atom is 0.284 e. The Hall–Kier alpha value is -3.60. The predicted molar refractivity (Wildman–Crippen MR) is 133 cm³/mol. The van der Waals surface area contributed by atoms with Crippen molar-refractivity contribution in [2.75, 3.05) is 18.9 Å². The molecule has 10 nitrogen and oxygen atoms in total. The van der Waals surface area contributed by atoms with Crippen molar-refractivity contribution < 1.29 is 13.2 Å². The molecule has 0 unspecified atom stereocenters. The zero-order valence-corrected chi connectivity index (χ0v) is 21.3. The van der Waals surface area contributed by atoms with E-state index < -0.39 is 10.0 Å². The number of hydrogen-bond acceptors (Lipinski definition) is 6. The average Bonchev–Trinajstić information content (AvgIpc) is 3.30. The molecule has 0 atom stereocenters. The van der Waals surface area contributed by atoms with Gasteiger partial charge in [0.1, 0.15) is 5.84 Å². The van der Waals surface area contributed by atoms with E-state index in [-0.39, 0.29) is 17.2 Å². The largest absolute Gasteiger partial charge is 0.362 e. The molecule has 1 fully saturated rings. The highest BCUT2D eigenvalue weighted by Crippen LogP contribution is 2.22. The Balaban J connectivity index is 1.52. The van der Waals surface area contributed by atoms with E-state index in [1.54, 1.807) is 16.8 Å². The molecule has 0 radical (unpaired) electrons. The van der Waals surface area contributed by atoms with Crippen LogP contribution in [0.4, 0.5) is 5.69 Å². The van der Waals surface area contributed by atoms with Crippen LogP contribution in [0.25, 0.3) is 5.95 Å². The van der Waals surface area contributed by atoms with E-state index in [9.17, 15) is 13.2 Å². The van der Waals surface area contributed by atoms with Crippen LogP contribution in [-0.2, 0) is 21.2 Å². The van der Waals surface area contributed by atoms with Gasteiger partial charge < -0.3 is 10.2 Å². The fourth-order valence-electron chi connectivity index (χ4n) is 4.13. The van der Waals surface area contributed by atoms with Crippen molar-refractivity contribution in [3.05, 3.63) is 58.7 Å². The third kappa shape index (κ3) is 5.40. The highest BCUT2D eigenvalue weighted by Gasteiger charge is 2.21. The number of aromatic nitrogens is 4. The number of amidine groups is 1. The normalized spacial score (nSPS) is 15.1. The summed E-state index contributed by atoms with van der Waals surface area (Å²) in [6, 6.07) is 8.03. The number of nitrogens with zero attached hydrogens (tertiary/aromatic N) is 6. The summed E-state index contributed by atoms with van der Waals surface area (Å²) < 4.78 is 31.2. The molecule has 0 spiro atoms. The molecule has 1 aliphatic rings. The Labute approximate surface area is 205 Å². The van der Waals surface area contributed by atoms with Gasteiger partial charge in [-0.25, -0.2) is 14.6 Å². The monoisotopic (exact) mass is 495 g/mol. The van der Waals surface area contributed by atoms with E-state index in [0.29, 0.717) is 29.6 Å². The van der Waals surface area contributed by atoms with Crippen LogP contribution in [0.3, 0.4) is 0 Å². The van der Waals surface area contributed by atoms with Crippen LogP contribution in [0.5, 0.6) is 0 Å². The van der Waals surface area contributed by atoms with Crippen LogP contribution in [-0.4, -0.2) is 58.4 Å². The van der Waals surface area contributed by atoms with Gasteiger partial charge in [0.15, 0.2) is 0 Å². The van der Waals surface area contributed by atoms with Crippen LogP contribution < -0.4 is 5.32 Å². The van der Waals surface area contributed by atoms with Crippen molar-refractivity contribution >= 4 is 27.5 Å². The number of rotatable bonds is 6. The third-order valence-electron chi connectivity index (χ3n) is 5.91. The Morgan fingerprint density at radius 3 is 2.49 bits per heavy atom. The first-order valence-electron chi connectivity index (χ1n) is 11.4. The molecule has 2 aromatic heterocycles. The lowest BCUT2D eigenvalue weighted by molar-refractivity contribution is -0.115. The summed E-state index contributed by atoms with van der Waals surface area (Å²) in [5, 5.41) is 7.33. The second kappa shape index (κ2) is 9.57. The molecule has 3 aromatic rings. The van der Waals surface area contributed by atoms with E-state index >= 15 is 0 Å². The molecule has 184 valence electrons. The maximum absolute atomic E-state index is 12.9. The van der Waals surface area contributed by atoms with Crippen molar-refractivity contribution in [2.45, 2.75) is 51.9 Å². The molecule has 0 aliphatic carbocycles. The predicted octanol–water partition coefficient (Wildman–Crippen LogP) is 2.89. The van der Waals surface area contributed by atoms with Gasteiger partial charge in [-0.1, -0.05) is 6.07 Å². The Bertz CT molecular complexity index is 1410. The molecule has 0 saturated carbocycles. The standard InChI is InChI=1S/C24H29N7O3S/c1-15-12-16(2)26-24(25-15)31-18(4)21(17(3)28-31)14-23(32)27-19-8-6-9-20(13-19)35(33,34)29-22-10-7-11-30(22)5/h6,8-9,12-13H,7,10-11,14H2,1-5H3,(H,27,32)/b29-22+. The maximum atomic E-state index is 12.9. The summed E-state index contributed by atoms with van der Waals surface area (Å²) in [7, 11) is -2.04. The molecular weight excluding hydrogens is 466 g/mol. The minimum atomic E-state index is -3.87.